The van der Waals surface area contributed by atoms with E-state index in [-0.39, 0.29) is 4.90 Å². The van der Waals surface area contributed by atoms with Crippen molar-refractivity contribution in [3.8, 4) is 11.5 Å². The van der Waals surface area contributed by atoms with E-state index in [4.69, 9.17) is 9.47 Å². The van der Waals surface area contributed by atoms with Crippen LogP contribution in [0.25, 0.3) is 0 Å². The smallest absolute Gasteiger partial charge is 0.208 e. The zero-order chi connectivity index (χ0) is 17.3. The Kier molecular flexibility index (Phi) is 4.03. The largest absolute Gasteiger partial charge is 0.457 e. The first kappa shape index (κ1) is 15.9. The molecular weight excluding hydrogens is 336 g/mol. The van der Waals surface area contributed by atoms with Gasteiger partial charge in [-0.1, -0.05) is 48.5 Å². The Bertz CT molecular complexity index is 969. The number of ether oxygens (including phenoxy) is 2. The molecule has 4 nitrogen and oxygen atoms in total. The molecule has 0 unspecified atom stereocenters. The van der Waals surface area contributed by atoms with Crippen LogP contribution in [-0.4, -0.2) is 13.9 Å². The fraction of sp³-hybridized carbons (Fsp3) is 0.100. The number of para-hydroxylation sites is 1. The lowest BCUT2D eigenvalue weighted by Crippen LogP contribution is -2.09. The Morgan fingerprint density at radius 2 is 1.40 bits per heavy atom. The fourth-order valence-electron chi connectivity index (χ4n) is 2.69. The van der Waals surface area contributed by atoms with Gasteiger partial charge in [-0.25, -0.2) is 8.42 Å². The molecular formula is C20H16O4S. The van der Waals surface area contributed by atoms with E-state index in [0.717, 1.165) is 11.3 Å². The molecule has 1 fully saturated rings. The van der Waals surface area contributed by atoms with Gasteiger partial charge >= 0.3 is 0 Å². The van der Waals surface area contributed by atoms with Crippen molar-refractivity contribution in [2.75, 3.05) is 0 Å². The molecule has 3 aromatic rings. The number of hydrogen-bond acceptors (Lipinski definition) is 4. The maximum atomic E-state index is 12.6. The van der Waals surface area contributed by atoms with Crippen molar-refractivity contribution in [1.29, 1.82) is 0 Å². The molecule has 1 aliphatic heterocycles. The molecule has 3 aromatic carbocycles. The van der Waals surface area contributed by atoms with Gasteiger partial charge in [0.1, 0.15) is 17.6 Å². The van der Waals surface area contributed by atoms with Crippen molar-refractivity contribution in [3.05, 3.63) is 90.5 Å². The second-order valence-electron chi connectivity index (χ2n) is 5.77. The fourth-order valence-corrected chi connectivity index (χ4v) is 4.25. The van der Waals surface area contributed by atoms with Gasteiger partial charge in [0.2, 0.25) is 9.84 Å². The molecule has 126 valence electrons. The Morgan fingerprint density at radius 3 is 2.12 bits per heavy atom. The van der Waals surface area contributed by atoms with Crippen LogP contribution in [0.3, 0.4) is 0 Å². The molecule has 0 N–H and O–H groups in total. The highest BCUT2D eigenvalue weighted by atomic mass is 32.2. The predicted molar refractivity (Wildman–Crippen MR) is 94.2 cm³/mol. The van der Waals surface area contributed by atoms with Crippen LogP contribution in [0.4, 0.5) is 0 Å². The topological polar surface area (TPSA) is 55.9 Å². The average molecular weight is 352 g/mol. The van der Waals surface area contributed by atoms with Crippen LogP contribution in [0, 0.1) is 0 Å². The molecule has 0 amide bonds. The molecule has 0 aliphatic carbocycles. The van der Waals surface area contributed by atoms with E-state index in [2.05, 4.69) is 0 Å². The highest BCUT2D eigenvalue weighted by Gasteiger charge is 2.50. The number of epoxide rings is 1. The van der Waals surface area contributed by atoms with Gasteiger partial charge in [0.25, 0.3) is 0 Å². The zero-order valence-electron chi connectivity index (χ0n) is 13.3. The molecule has 0 saturated carbocycles. The summed E-state index contributed by atoms with van der Waals surface area (Å²) in [5.41, 5.74) is -0.0557. The molecule has 1 heterocycles. The highest BCUT2D eigenvalue weighted by Crippen LogP contribution is 2.45. The summed E-state index contributed by atoms with van der Waals surface area (Å²) in [6.45, 7) is 0. The van der Waals surface area contributed by atoms with E-state index >= 15 is 0 Å². The molecule has 25 heavy (non-hydrogen) atoms. The van der Waals surface area contributed by atoms with Crippen molar-refractivity contribution in [2.24, 2.45) is 0 Å². The first-order chi connectivity index (χ1) is 12.1. The minimum absolute atomic E-state index is 0.277. The summed E-state index contributed by atoms with van der Waals surface area (Å²) in [5, 5.41) is 0. The molecule has 0 bridgehead atoms. The lowest BCUT2D eigenvalue weighted by molar-refractivity contribution is 0.398. The summed E-state index contributed by atoms with van der Waals surface area (Å²) in [4.78, 5) is 0.277. The predicted octanol–water partition coefficient (Wildman–Crippen LogP) is 4.35. The average Bonchev–Trinajstić information content (AvgIpc) is 3.45. The standard InChI is InChI=1S/C20H16O4S/c21-25(22,18-12-5-2-6-13-18)20-19(24-20)15-8-7-11-17(14-15)23-16-9-3-1-4-10-16/h1-14,19-20H/t19-,20-/m0/s1. The molecule has 1 saturated heterocycles. The summed E-state index contributed by atoms with van der Waals surface area (Å²) in [7, 11) is -3.50. The van der Waals surface area contributed by atoms with Crippen LogP contribution in [-0.2, 0) is 14.6 Å². The third-order valence-electron chi connectivity index (χ3n) is 3.99. The Balaban J connectivity index is 1.53. The Morgan fingerprint density at radius 1 is 0.760 bits per heavy atom. The van der Waals surface area contributed by atoms with Crippen molar-refractivity contribution in [1.82, 2.24) is 0 Å². The minimum Gasteiger partial charge on any atom is -0.457 e. The van der Waals surface area contributed by atoms with E-state index in [1.165, 1.54) is 0 Å². The summed E-state index contributed by atoms with van der Waals surface area (Å²) >= 11 is 0. The van der Waals surface area contributed by atoms with Crippen molar-refractivity contribution in [3.63, 3.8) is 0 Å². The highest BCUT2D eigenvalue weighted by molar-refractivity contribution is 7.92. The van der Waals surface area contributed by atoms with Gasteiger partial charge in [-0.2, -0.15) is 0 Å². The first-order valence-electron chi connectivity index (χ1n) is 7.92. The maximum Gasteiger partial charge on any atom is 0.208 e. The third-order valence-corrected chi connectivity index (χ3v) is 5.89. The van der Waals surface area contributed by atoms with E-state index in [0.29, 0.717) is 5.75 Å². The van der Waals surface area contributed by atoms with E-state index in [1.54, 1.807) is 30.3 Å². The van der Waals surface area contributed by atoms with E-state index in [9.17, 15) is 8.42 Å². The second-order valence-corrected chi connectivity index (χ2v) is 7.80. The van der Waals surface area contributed by atoms with Gasteiger partial charge in [-0.3, -0.25) is 0 Å². The molecule has 4 rings (SSSR count). The van der Waals surface area contributed by atoms with Crippen LogP contribution in [0.15, 0.2) is 89.8 Å². The minimum atomic E-state index is -3.50. The molecule has 5 heteroatoms. The molecule has 0 radical (unpaired) electrons. The maximum absolute atomic E-state index is 12.6. The SMILES string of the molecule is O=S(=O)(c1ccccc1)[C@@H]1O[C@H]1c1cccc(Oc2ccccc2)c1. The third kappa shape index (κ3) is 3.29. The molecule has 2 atom stereocenters. The quantitative estimate of drug-likeness (QED) is 0.641. The number of sulfone groups is 1. The van der Waals surface area contributed by atoms with Gasteiger partial charge in [0, 0.05) is 0 Å². The second kappa shape index (κ2) is 6.35. The van der Waals surface area contributed by atoms with Gasteiger partial charge < -0.3 is 9.47 Å². The Hall–Kier alpha value is -2.63. The first-order valence-corrected chi connectivity index (χ1v) is 9.46. The lowest BCUT2D eigenvalue weighted by Gasteiger charge is -2.06. The monoisotopic (exact) mass is 352 g/mol. The normalized spacial score (nSPS) is 19.4. The number of benzene rings is 3. The number of hydrogen-bond donors (Lipinski definition) is 0. The van der Waals surface area contributed by atoms with E-state index < -0.39 is 21.4 Å². The van der Waals surface area contributed by atoms with Crippen LogP contribution in [0.2, 0.25) is 0 Å². The van der Waals surface area contributed by atoms with Crippen LogP contribution in [0.5, 0.6) is 11.5 Å². The van der Waals surface area contributed by atoms with Crippen molar-refractivity contribution < 1.29 is 17.9 Å². The lowest BCUT2D eigenvalue weighted by atomic mass is 10.1. The van der Waals surface area contributed by atoms with Gasteiger partial charge in [-0.05, 0) is 42.0 Å². The molecule has 0 aromatic heterocycles. The summed E-state index contributed by atoms with van der Waals surface area (Å²) < 4.78 is 36.5. The van der Waals surface area contributed by atoms with E-state index in [1.807, 2.05) is 54.6 Å². The molecule has 0 spiro atoms. The van der Waals surface area contributed by atoms with Crippen LogP contribution >= 0.6 is 0 Å². The van der Waals surface area contributed by atoms with Gasteiger partial charge in [-0.15, -0.1) is 0 Å². The number of rotatable bonds is 5. The van der Waals surface area contributed by atoms with Crippen molar-refractivity contribution in [2.45, 2.75) is 16.4 Å². The summed E-state index contributed by atoms with van der Waals surface area (Å²) in [6.07, 6.45) is -0.468. The van der Waals surface area contributed by atoms with Crippen LogP contribution < -0.4 is 4.74 Å². The van der Waals surface area contributed by atoms with Gasteiger partial charge in [0.05, 0.1) is 4.90 Å². The Labute approximate surface area is 146 Å². The molecule has 1 aliphatic rings. The zero-order valence-corrected chi connectivity index (χ0v) is 14.1. The summed E-state index contributed by atoms with van der Waals surface area (Å²) in [5.74, 6) is 1.37. The van der Waals surface area contributed by atoms with Gasteiger partial charge in [0.15, 0.2) is 5.44 Å². The summed E-state index contributed by atoms with van der Waals surface area (Å²) in [6, 6.07) is 25.1. The van der Waals surface area contributed by atoms with Crippen molar-refractivity contribution >= 4 is 9.84 Å². The van der Waals surface area contributed by atoms with Crippen LogP contribution in [0.1, 0.15) is 11.7 Å².